The van der Waals surface area contributed by atoms with Crippen LogP contribution in [0.3, 0.4) is 0 Å². The lowest BCUT2D eigenvalue weighted by molar-refractivity contribution is 0.0712. The molecule has 1 aromatic carbocycles. The van der Waals surface area contributed by atoms with Crippen LogP contribution >= 0.6 is 11.3 Å². The fraction of sp³-hybridized carbons (Fsp3) is 0.321. The van der Waals surface area contributed by atoms with Crippen molar-refractivity contribution < 1.29 is 9.59 Å². The number of aromatic nitrogens is 2. The molecule has 0 saturated carbocycles. The number of carbonyl (C=O) groups excluding carboxylic acids is 2. The standard InChI is InChI=1S/C28H30N4O2S/c1-19-9-10-23(27(33)29-14-11-21-6-5-17-35-21)26(30-19)20-12-15-32(16-13-20)28(34)24-18-31(2)25-8-4-3-7-22(24)25/h3-10,17-18,20H,11-16H2,1-2H3,(H,29,33). The van der Waals surface area contributed by atoms with Gasteiger partial charge in [0.05, 0.1) is 16.8 Å². The maximum absolute atomic E-state index is 13.3. The first kappa shape index (κ1) is 23.3. The summed E-state index contributed by atoms with van der Waals surface area (Å²) < 4.78 is 2.01. The SMILES string of the molecule is Cc1ccc(C(=O)NCCc2cccs2)c(C2CCN(C(=O)c3cn(C)c4ccccc34)CC2)n1. The van der Waals surface area contributed by atoms with Gasteiger partial charge in [-0.15, -0.1) is 11.3 Å². The molecule has 4 aromatic rings. The van der Waals surface area contributed by atoms with E-state index in [9.17, 15) is 9.59 Å². The van der Waals surface area contributed by atoms with Crippen LogP contribution in [0.2, 0.25) is 0 Å². The van der Waals surface area contributed by atoms with Crippen molar-refractivity contribution in [1.82, 2.24) is 19.8 Å². The van der Waals surface area contributed by atoms with Crippen LogP contribution in [0.15, 0.2) is 60.1 Å². The molecule has 1 N–H and O–H groups in total. The quantitative estimate of drug-likeness (QED) is 0.420. The van der Waals surface area contributed by atoms with Crippen LogP contribution in [0.4, 0.5) is 0 Å². The lowest BCUT2D eigenvalue weighted by atomic mass is 9.89. The van der Waals surface area contributed by atoms with Gasteiger partial charge in [-0.05, 0) is 55.8 Å². The van der Waals surface area contributed by atoms with E-state index in [4.69, 9.17) is 4.98 Å². The number of likely N-dealkylation sites (tertiary alicyclic amines) is 1. The van der Waals surface area contributed by atoms with E-state index in [1.807, 2.05) is 72.1 Å². The number of carbonyl (C=O) groups is 2. The molecule has 4 heterocycles. The molecule has 35 heavy (non-hydrogen) atoms. The number of thiophene rings is 1. The van der Waals surface area contributed by atoms with Crippen LogP contribution in [-0.2, 0) is 13.5 Å². The number of piperidine rings is 1. The Morgan fingerprint density at radius 2 is 1.86 bits per heavy atom. The normalized spacial score (nSPS) is 14.4. The Morgan fingerprint density at radius 1 is 1.06 bits per heavy atom. The number of hydrogen-bond acceptors (Lipinski definition) is 4. The molecule has 0 radical (unpaired) electrons. The summed E-state index contributed by atoms with van der Waals surface area (Å²) in [5.74, 6) is 0.159. The van der Waals surface area contributed by atoms with Crippen molar-refractivity contribution in [2.45, 2.75) is 32.1 Å². The summed E-state index contributed by atoms with van der Waals surface area (Å²) in [7, 11) is 1.97. The van der Waals surface area contributed by atoms with Gasteiger partial charge in [0.1, 0.15) is 0 Å². The highest BCUT2D eigenvalue weighted by Crippen LogP contribution is 2.31. The minimum Gasteiger partial charge on any atom is -0.352 e. The first-order valence-corrected chi connectivity index (χ1v) is 13.0. The van der Waals surface area contributed by atoms with Crippen LogP contribution in [0.1, 0.15) is 55.7 Å². The zero-order valence-electron chi connectivity index (χ0n) is 20.2. The molecule has 0 aliphatic carbocycles. The first-order valence-electron chi connectivity index (χ1n) is 12.1. The Labute approximate surface area is 209 Å². The molecule has 0 bridgehead atoms. The topological polar surface area (TPSA) is 67.2 Å². The van der Waals surface area contributed by atoms with Crippen LogP contribution in [0.5, 0.6) is 0 Å². The van der Waals surface area contributed by atoms with E-state index in [-0.39, 0.29) is 17.7 Å². The number of rotatable bonds is 6. The molecule has 2 amide bonds. The molecule has 1 fully saturated rings. The summed E-state index contributed by atoms with van der Waals surface area (Å²) in [5.41, 5.74) is 4.23. The Morgan fingerprint density at radius 3 is 2.63 bits per heavy atom. The van der Waals surface area contributed by atoms with E-state index in [0.717, 1.165) is 47.1 Å². The molecule has 180 valence electrons. The Hall–Kier alpha value is -3.45. The number of amides is 2. The summed E-state index contributed by atoms with van der Waals surface area (Å²) in [4.78, 5) is 34.3. The smallest absolute Gasteiger partial charge is 0.256 e. The predicted molar refractivity (Wildman–Crippen MR) is 140 cm³/mol. The lowest BCUT2D eigenvalue weighted by Crippen LogP contribution is -2.38. The molecular formula is C28H30N4O2S. The fourth-order valence-corrected chi connectivity index (χ4v) is 5.68. The molecule has 0 atom stereocenters. The zero-order valence-corrected chi connectivity index (χ0v) is 21.0. The van der Waals surface area contributed by atoms with Crippen molar-refractivity contribution in [3.8, 4) is 0 Å². The van der Waals surface area contributed by atoms with Crippen molar-refractivity contribution in [2.75, 3.05) is 19.6 Å². The largest absolute Gasteiger partial charge is 0.352 e. The molecule has 1 aliphatic heterocycles. The van der Waals surface area contributed by atoms with E-state index in [1.165, 1.54) is 4.88 Å². The average Bonchev–Trinajstić information content (AvgIpc) is 3.52. The molecular weight excluding hydrogens is 456 g/mol. The van der Waals surface area contributed by atoms with Crippen molar-refractivity contribution in [2.24, 2.45) is 7.05 Å². The number of nitrogens with zero attached hydrogens (tertiary/aromatic N) is 3. The van der Waals surface area contributed by atoms with Gasteiger partial charge in [0, 0.05) is 60.3 Å². The van der Waals surface area contributed by atoms with E-state index in [1.54, 1.807) is 11.3 Å². The number of aryl methyl sites for hydroxylation is 2. The van der Waals surface area contributed by atoms with Crippen LogP contribution in [0, 0.1) is 6.92 Å². The van der Waals surface area contributed by atoms with Gasteiger partial charge in [-0.3, -0.25) is 14.6 Å². The summed E-state index contributed by atoms with van der Waals surface area (Å²) >= 11 is 1.70. The summed E-state index contributed by atoms with van der Waals surface area (Å²) in [6, 6.07) is 15.9. The summed E-state index contributed by atoms with van der Waals surface area (Å²) in [6.45, 7) is 3.87. The summed E-state index contributed by atoms with van der Waals surface area (Å²) in [5, 5.41) is 6.11. The van der Waals surface area contributed by atoms with E-state index in [0.29, 0.717) is 25.2 Å². The molecule has 7 heteroatoms. The van der Waals surface area contributed by atoms with Gasteiger partial charge in [0.15, 0.2) is 0 Å². The van der Waals surface area contributed by atoms with Gasteiger partial charge >= 0.3 is 0 Å². The minimum atomic E-state index is -0.0710. The average molecular weight is 487 g/mol. The van der Waals surface area contributed by atoms with Gasteiger partial charge < -0.3 is 14.8 Å². The second-order valence-corrected chi connectivity index (χ2v) is 10.2. The third-order valence-electron chi connectivity index (χ3n) is 6.84. The molecule has 6 nitrogen and oxygen atoms in total. The number of nitrogens with one attached hydrogen (secondary N) is 1. The Balaban J connectivity index is 1.27. The number of benzene rings is 1. The van der Waals surface area contributed by atoms with Gasteiger partial charge in [-0.25, -0.2) is 0 Å². The van der Waals surface area contributed by atoms with Gasteiger partial charge in [0.25, 0.3) is 11.8 Å². The molecule has 1 aliphatic rings. The van der Waals surface area contributed by atoms with E-state index in [2.05, 4.69) is 16.8 Å². The molecule has 1 saturated heterocycles. The third kappa shape index (κ3) is 4.86. The van der Waals surface area contributed by atoms with Crippen LogP contribution < -0.4 is 5.32 Å². The van der Waals surface area contributed by atoms with Crippen LogP contribution in [0.25, 0.3) is 10.9 Å². The number of pyridine rings is 1. The fourth-order valence-electron chi connectivity index (χ4n) is 4.97. The van der Waals surface area contributed by atoms with Crippen molar-refractivity contribution in [1.29, 1.82) is 0 Å². The monoisotopic (exact) mass is 486 g/mol. The van der Waals surface area contributed by atoms with Gasteiger partial charge in [0.2, 0.25) is 0 Å². The highest BCUT2D eigenvalue weighted by atomic mass is 32.1. The Bertz CT molecular complexity index is 1350. The Kier molecular flexibility index (Phi) is 6.68. The maximum Gasteiger partial charge on any atom is 0.256 e. The van der Waals surface area contributed by atoms with Crippen molar-refractivity contribution in [3.05, 3.63) is 87.5 Å². The lowest BCUT2D eigenvalue weighted by Gasteiger charge is -2.32. The van der Waals surface area contributed by atoms with Crippen molar-refractivity contribution in [3.63, 3.8) is 0 Å². The molecule has 3 aromatic heterocycles. The highest BCUT2D eigenvalue weighted by Gasteiger charge is 2.29. The molecule has 0 spiro atoms. The van der Waals surface area contributed by atoms with Crippen molar-refractivity contribution >= 4 is 34.1 Å². The predicted octanol–water partition coefficient (Wildman–Crippen LogP) is 4.94. The van der Waals surface area contributed by atoms with Crippen LogP contribution in [-0.4, -0.2) is 45.9 Å². The van der Waals surface area contributed by atoms with Gasteiger partial charge in [-0.1, -0.05) is 24.3 Å². The molecule has 5 rings (SSSR count). The minimum absolute atomic E-state index is 0.0710. The van der Waals surface area contributed by atoms with E-state index >= 15 is 0 Å². The molecule has 0 unspecified atom stereocenters. The maximum atomic E-state index is 13.3. The summed E-state index contributed by atoms with van der Waals surface area (Å²) in [6.07, 6.45) is 4.34. The number of fused-ring (bicyclic) bond motifs is 1. The third-order valence-corrected chi connectivity index (χ3v) is 7.78. The zero-order chi connectivity index (χ0) is 24.4. The first-order chi connectivity index (χ1) is 17.0. The number of hydrogen-bond donors (Lipinski definition) is 1. The second-order valence-electron chi connectivity index (χ2n) is 9.21. The second kappa shape index (κ2) is 10.0. The van der Waals surface area contributed by atoms with E-state index < -0.39 is 0 Å². The highest BCUT2D eigenvalue weighted by molar-refractivity contribution is 7.09. The van der Waals surface area contributed by atoms with Gasteiger partial charge in [-0.2, -0.15) is 0 Å². The number of para-hydroxylation sites is 1.